The number of nitrogens with one attached hydrogen (secondary N) is 1. The Balaban J connectivity index is 1.50. The van der Waals surface area contributed by atoms with E-state index in [1.165, 1.54) is 25.7 Å². The van der Waals surface area contributed by atoms with Gasteiger partial charge in [0.25, 0.3) is 0 Å². The van der Waals surface area contributed by atoms with Gasteiger partial charge in [-0.3, -0.25) is 4.79 Å². The van der Waals surface area contributed by atoms with Crippen molar-refractivity contribution in [1.82, 2.24) is 5.32 Å². The number of carbonyl (C=O) groups excluding carboxylic acids is 1. The number of fused-ring (bicyclic) bond motifs is 2. The fraction of sp³-hybridized carbons (Fsp3) is 0.632. The number of hydrogen-bond donors (Lipinski definition) is 1. The second-order valence-corrected chi connectivity index (χ2v) is 8.49. The average Bonchev–Trinajstić information content (AvgIpc) is 3.18. The van der Waals surface area contributed by atoms with Gasteiger partial charge in [-0.15, -0.1) is 11.8 Å². The highest BCUT2D eigenvalue weighted by Crippen LogP contribution is 2.49. The largest absolute Gasteiger partial charge is 0.497 e. The smallest absolute Gasteiger partial charge is 0.233 e. The molecule has 5 atom stereocenters. The van der Waals surface area contributed by atoms with Crippen LogP contribution in [0.15, 0.2) is 29.2 Å². The Morgan fingerprint density at radius 2 is 1.96 bits per heavy atom. The van der Waals surface area contributed by atoms with Gasteiger partial charge in [-0.05, 0) is 75.1 Å². The molecule has 2 aliphatic rings. The van der Waals surface area contributed by atoms with Crippen LogP contribution in [0, 0.1) is 17.8 Å². The number of methoxy groups -OCH3 is 1. The molecule has 3 rings (SSSR count). The molecule has 1 aromatic carbocycles. The first-order chi connectivity index (χ1) is 11.1. The molecule has 2 bridgehead atoms. The van der Waals surface area contributed by atoms with Crippen molar-refractivity contribution < 1.29 is 9.53 Å². The Hall–Kier alpha value is -1.16. The molecule has 5 unspecified atom stereocenters. The van der Waals surface area contributed by atoms with E-state index < -0.39 is 0 Å². The first-order valence-corrected chi connectivity index (χ1v) is 9.56. The van der Waals surface area contributed by atoms with Gasteiger partial charge in [-0.2, -0.15) is 0 Å². The van der Waals surface area contributed by atoms with E-state index in [1.54, 1.807) is 18.9 Å². The van der Waals surface area contributed by atoms with Crippen LogP contribution < -0.4 is 10.1 Å². The minimum Gasteiger partial charge on any atom is -0.497 e. The third-order valence-corrected chi connectivity index (χ3v) is 6.66. The van der Waals surface area contributed by atoms with Crippen LogP contribution in [0.2, 0.25) is 0 Å². The first kappa shape index (κ1) is 16.7. The zero-order chi connectivity index (χ0) is 16.4. The maximum atomic E-state index is 12.5. The molecule has 4 heteroatoms. The monoisotopic (exact) mass is 333 g/mol. The summed E-state index contributed by atoms with van der Waals surface area (Å²) in [7, 11) is 1.66. The second-order valence-electron chi connectivity index (χ2n) is 7.07. The van der Waals surface area contributed by atoms with Crippen molar-refractivity contribution in [2.45, 2.75) is 55.7 Å². The lowest BCUT2D eigenvalue weighted by Crippen LogP contribution is -2.43. The van der Waals surface area contributed by atoms with Crippen LogP contribution >= 0.6 is 11.8 Å². The number of benzene rings is 1. The van der Waals surface area contributed by atoms with E-state index in [0.717, 1.165) is 22.5 Å². The van der Waals surface area contributed by atoms with Crippen LogP contribution in [0.25, 0.3) is 0 Å². The van der Waals surface area contributed by atoms with E-state index in [4.69, 9.17) is 4.74 Å². The highest BCUT2D eigenvalue weighted by Gasteiger charge is 2.42. The molecular formula is C19H27NO2S. The van der Waals surface area contributed by atoms with Crippen molar-refractivity contribution in [3.63, 3.8) is 0 Å². The summed E-state index contributed by atoms with van der Waals surface area (Å²) in [6.45, 7) is 4.17. The van der Waals surface area contributed by atoms with Gasteiger partial charge < -0.3 is 10.1 Å². The Labute approximate surface area is 143 Å². The zero-order valence-electron chi connectivity index (χ0n) is 14.2. The Morgan fingerprint density at radius 1 is 1.22 bits per heavy atom. The molecule has 0 saturated heterocycles. The standard InChI is InChI=1S/C19H27NO2S/c1-12(18-11-14-4-5-15(18)10-14)20-19(21)13(2)23-17-8-6-16(22-3)7-9-17/h6-9,12-15,18H,4-5,10-11H2,1-3H3,(H,20,21). The van der Waals surface area contributed by atoms with Gasteiger partial charge in [-0.1, -0.05) is 6.42 Å². The van der Waals surface area contributed by atoms with E-state index in [0.29, 0.717) is 12.0 Å². The Bertz CT molecular complexity index is 545. The predicted octanol–water partition coefficient (Wildman–Crippen LogP) is 4.12. The highest BCUT2D eigenvalue weighted by molar-refractivity contribution is 8.00. The lowest BCUT2D eigenvalue weighted by Gasteiger charge is -2.29. The molecule has 23 heavy (non-hydrogen) atoms. The number of hydrogen-bond acceptors (Lipinski definition) is 3. The minimum absolute atomic E-state index is 0.0792. The van der Waals surface area contributed by atoms with Crippen LogP contribution in [-0.4, -0.2) is 24.3 Å². The van der Waals surface area contributed by atoms with E-state index in [1.807, 2.05) is 31.2 Å². The minimum atomic E-state index is -0.0792. The van der Waals surface area contributed by atoms with Crippen molar-refractivity contribution in [2.75, 3.05) is 7.11 Å². The summed E-state index contributed by atoms with van der Waals surface area (Å²) in [5.41, 5.74) is 0. The lowest BCUT2D eigenvalue weighted by atomic mass is 9.84. The van der Waals surface area contributed by atoms with Crippen molar-refractivity contribution in [3.05, 3.63) is 24.3 Å². The molecule has 3 nitrogen and oxygen atoms in total. The summed E-state index contributed by atoms with van der Waals surface area (Å²) in [6, 6.07) is 8.19. The summed E-state index contributed by atoms with van der Waals surface area (Å²) in [6.07, 6.45) is 5.48. The predicted molar refractivity (Wildman–Crippen MR) is 94.9 cm³/mol. The van der Waals surface area contributed by atoms with E-state index in [-0.39, 0.29) is 11.2 Å². The second kappa shape index (κ2) is 7.16. The molecule has 0 aliphatic heterocycles. The van der Waals surface area contributed by atoms with Gasteiger partial charge >= 0.3 is 0 Å². The summed E-state index contributed by atoms with van der Waals surface area (Å²) in [5.74, 6) is 3.46. The average molecular weight is 333 g/mol. The van der Waals surface area contributed by atoms with Crippen LogP contribution in [0.5, 0.6) is 5.75 Å². The molecule has 1 amide bonds. The SMILES string of the molecule is COc1ccc(SC(C)C(=O)NC(C)C2CC3CCC2C3)cc1. The van der Waals surface area contributed by atoms with Crippen LogP contribution in [-0.2, 0) is 4.79 Å². The molecule has 2 saturated carbocycles. The maximum absolute atomic E-state index is 12.5. The third-order valence-electron chi connectivity index (χ3n) is 5.55. The number of thioether (sulfide) groups is 1. The molecule has 0 spiro atoms. The topological polar surface area (TPSA) is 38.3 Å². The fourth-order valence-corrected chi connectivity index (χ4v) is 5.14. The first-order valence-electron chi connectivity index (χ1n) is 8.68. The quantitative estimate of drug-likeness (QED) is 0.796. The van der Waals surface area contributed by atoms with Gasteiger partial charge in [0.05, 0.1) is 12.4 Å². The lowest BCUT2D eigenvalue weighted by molar-refractivity contribution is -0.121. The highest BCUT2D eigenvalue weighted by atomic mass is 32.2. The van der Waals surface area contributed by atoms with Crippen molar-refractivity contribution in [1.29, 1.82) is 0 Å². The van der Waals surface area contributed by atoms with E-state index in [2.05, 4.69) is 12.2 Å². The fourth-order valence-electron chi connectivity index (χ4n) is 4.27. The summed E-state index contributed by atoms with van der Waals surface area (Å²) < 4.78 is 5.17. The number of rotatable bonds is 6. The number of amides is 1. The van der Waals surface area contributed by atoms with Gasteiger partial charge in [-0.25, -0.2) is 0 Å². The van der Waals surface area contributed by atoms with Gasteiger partial charge in [0.1, 0.15) is 5.75 Å². The van der Waals surface area contributed by atoms with Crippen LogP contribution in [0.3, 0.4) is 0 Å². The van der Waals surface area contributed by atoms with Crippen molar-refractivity contribution in [2.24, 2.45) is 17.8 Å². The number of carbonyl (C=O) groups is 1. The van der Waals surface area contributed by atoms with Crippen LogP contribution in [0.4, 0.5) is 0 Å². The van der Waals surface area contributed by atoms with Crippen molar-refractivity contribution in [3.8, 4) is 5.75 Å². The molecule has 2 aliphatic carbocycles. The molecule has 1 aromatic rings. The van der Waals surface area contributed by atoms with Crippen LogP contribution in [0.1, 0.15) is 39.5 Å². The third kappa shape index (κ3) is 3.85. The van der Waals surface area contributed by atoms with Gasteiger partial charge in [0, 0.05) is 10.9 Å². The molecule has 2 fully saturated rings. The van der Waals surface area contributed by atoms with E-state index in [9.17, 15) is 4.79 Å². The van der Waals surface area contributed by atoms with E-state index >= 15 is 0 Å². The van der Waals surface area contributed by atoms with Gasteiger partial charge in [0.2, 0.25) is 5.91 Å². The van der Waals surface area contributed by atoms with Crippen molar-refractivity contribution >= 4 is 17.7 Å². The summed E-state index contributed by atoms with van der Waals surface area (Å²) >= 11 is 1.60. The summed E-state index contributed by atoms with van der Waals surface area (Å²) in [5, 5.41) is 3.19. The molecule has 0 aromatic heterocycles. The molecule has 126 valence electrons. The molecule has 0 heterocycles. The van der Waals surface area contributed by atoms with Gasteiger partial charge in [0.15, 0.2) is 0 Å². The maximum Gasteiger partial charge on any atom is 0.233 e. The number of ether oxygens (including phenoxy) is 1. The molecule has 1 N–H and O–H groups in total. The normalized spacial score (nSPS) is 28.4. The zero-order valence-corrected chi connectivity index (χ0v) is 15.1. The molecular weight excluding hydrogens is 306 g/mol. The Morgan fingerprint density at radius 3 is 2.52 bits per heavy atom. The Kier molecular flexibility index (Phi) is 5.20. The summed E-state index contributed by atoms with van der Waals surface area (Å²) in [4.78, 5) is 13.6. The molecule has 0 radical (unpaired) electrons.